The zero-order valence-electron chi connectivity index (χ0n) is 14.8. The number of nitrogens with zero attached hydrogens (tertiary/aromatic N) is 1. The molecule has 0 aliphatic carbocycles. The molecule has 6 heteroatoms. The summed E-state index contributed by atoms with van der Waals surface area (Å²) in [6, 6.07) is 8.73. The summed E-state index contributed by atoms with van der Waals surface area (Å²) in [5.41, 5.74) is 2.55. The van der Waals surface area contributed by atoms with E-state index in [0.29, 0.717) is 6.54 Å². The molecule has 2 heterocycles. The van der Waals surface area contributed by atoms with Crippen LogP contribution in [0.4, 0.5) is 0 Å². The summed E-state index contributed by atoms with van der Waals surface area (Å²) in [7, 11) is 0. The molecule has 2 saturated heterocycles. The van der Waals surface area contributed by atoms with Crippen LogP contribution >= 0.6 is 24.8 Å². The zero-order valence-corrected chi connectivity index (χ0v) is 16.5. The maximum atomic E-state index is 12.0. The van der Waals surface area contributed by atoms with E-state index in [1.54, 1.807) is 0 Å². The number of nitrogens with one attached hydrogen (secondary N) is 2. The topological polar surface area (TPSA) is 44.4 Å². The van der Waals surface area contributed by atoms with Crippen LogP contribution in [-0.4, -0.2) is 36.5 Å². The van der Waals surface area contributed by atoms with Crippen molar-refractivity contribution in [2.75, 3.05) is 19.6 Å². The van der Waals surface area contributed by atoms with Crippen LogP contribution in [0.2, 0.25) is 0 Å². The highest BCUT2D eigenvalue weighted by atomic mass is 35.5. The molecular weight excluding hydrogens is 357 g/mol. The largest absolute Gasteiger partial charge is 0.351 e. The number of hydrogen-bond acceptors (Lipinski definition) is 3. The Morgan fingerprint density at radius 1 is 1.00 bits per heavy atom. The first-order chi connectivity index (χ1) is 11.3. The number of carbonyl (C=O) groups excluding carboxylic acids is 1. The number of halogens is 2. The van der Waals surface area contributed by atoms with Crippen LogP contribution in [0.1, 0.15) is 49.7 Å². The molecule has 1 aromatic rings. The molecule has 0 saturated carbocycles. The van der Waals surface area contributed by atoms with Gasteiger partial charge in [-0.15, -0.1) is 24.8 Å². The summed E-state index contributed by atoms with van der Waals surface area (Å²) in [6.07, 6.45) is 7.48. The van der Waals surface area contributed by atoms with E-state index in [1.165, 1.54) is 49.9 Å². The van der Waals surface area contributed by atoms with Crippen molar-refractivity contribution in [1.82, 2.24) is 15.5 Å². The lowest BCUT2D eigenvalue weighted by molar-refractivity contribution is -0.122. The van der Waals surface area contributed by atoms with Crippen LogP contribution in [0.15, 0.2) is 24.3 Å². The van der Waals surface area contributed by atoms with Crippen molar-refractivity contribution in [3.63, 3.8) is 0 Å². The van der Waals surface area contributed by atoms with Gasteiger partial charge in [-0.1, -0.05) is 37.1 Å². The Kier molecular flexibility index (Phi) is 10.4. The van der Waals surface area contributed by atoms with Crippen molar-refractivity contribution in [1.29, 1.82) is 0 Å². The molecule has 0 spiro atoms. The molecule has 2 aliphatic heterocycles. The molecule has 2 fully saturated rings. The van der Waals surface area contributed by atoms with Gasteiger partial charge < -0.3 is 10.6 Å². The van der Waals surface area contributed by atoms with Crippen LogP contribution in [0.3, 0.4) is 0 Å². The Bertz CT molecular complexity index is 496. The van der Waals surface area contributed by atoms with Gasteiger partial charge in [0.25, 0.3) is 0 Å². The molecule has 3 rings (SSSR count). The first-order valence-electron chi connectivity index (χ1n) is 9.12. The first kappa shape index (κ1) is 22.2. The molecule has 1 unspecified atom stereocenters. The fraction of sp³-hybridized carbons (Fsp3) is 0.632. The summed E-state index contributed by atoms with van der Waals surface area (Å²) in [5.74, 6) is 0.135. The highest BCUT2D eigenvalue weighted by Gasteiger charge is 2.21. The van der Waals surface area contributed by atoms with E-state index in [9.17, 15) is 4.79 Å². The van der Waals surface area contributed by atoms with E-state index in [0.717, 1.165) is 25.9 Å². The lowest BCUT2D eigenvalue weighted by atomic mass is 10.1. The fourth-order valence-corrected chi connectivity index (χ4v) is 3.54. The van der Waals surface area contributed by atoms with E-state index in [4.69, 9.17) is 0 Å². The van der Waals surface area contributed by atoms with Crippen molar-refractivity contribution in [3.8, 4) is 0 Å². The number of benzene rings is 1. The highest BCUT2D eigenvalue weighted by Crippen LogP contribution is 2.14. The maximum absolute atomic E-state index is 12.0. The molecule has 0 bridgehead atoms. The predicted octanol–water partition coefficient (Wildman–Crippen LogP) is 3.27. The third-order valence-corrected chi connectivity index (χ3v) is 4.97. The second-order valence-electron chi connectivity index (χ2n) is 6.87. The van der Waals surface area contributed by atoms with Crippen molar-refractivity contribution >= 4 is 30.7 Å². The van der Waals surface area contributed by atoms with E-state index < -0.39 is 0 Å². The lowest BCUT2D eigenvalue weighted by Gasteiger charge is -2.19. The second kappa shape index (κ2) is 11.7. The van der Waals surface area contributed by atoms with Crippen LogP contribution < -0.4 is 10.6 Å². The number of amides is 1. The van der Waals surface area contributed by atoms with Gasteiger partial charge in [0.05, 0.1) is 6.04 Å². The quantitative estimate of drug-likeness (QED) is 0.814. The average Bonchev–Trinajstić information content (AvgIpc) is 3.00. The summed E-state index contributed by atoms with van der Waals surface area (Å²) < 4.78 is 0. The summed E-state index contributed by atoms with van der Waals surface area (Å²) in [5, 5.41) is 6.27. The van der Waals surface area contributed by atoms with Gasteiger partial charge in [-0.25, -0.2) is 0 Å². The molecule has 142 valence electrons. The predicted molar refractivity (Wildman–Crippen MR) is 108 cm³/mol. The minimum absolute atomic E-state index is 0. The molecule has 25 heavy (non-hydrogen) atoms. The van der Waals surface area contributed by atoms with E-state index >= 15 is 0 Å². The summed E-state index contributed by atoms with van der Waals surface area (Å²) in [4.78, 5) is 14.6. The number of carbonyl (C=O) groups is 1. The van der Waals surface area contributed by atoms with Gasteiger partial charge in [0.1, 0.15) is 0 Å². The monoisotopic (exact) mass is 387 g/mol. The van der Waals surface area contributed by atoms with Crippen LogP contribution in [0.25, 0.3) is 0 Å². The van der Waals surface area contributed by atoms with Crippen molar-refractivity contribution in [2.45, 2.75) is 57.7 Å². The van der Waals surface area contributed by atoms with Crippen LogP contribution in [-0.2, 0) is 17.9 Å². The van der Waals surface area contributed by atoms with Crippen LogP contribution in [0.5, 0.6) is 0 Å². The number of rotatable bonds is 5. The standard InChI is InChI=1S/C19H29N3O.2ClH/c23-19(18-6-5-11-20-18)21-14-16-7-9-17(10-8-16)15-22-12-3-1-2-4-13-22;;/h7-10,18,20H,1-6,11-15H2,(H,21,23);2*1H. The molecule has 2 N–H and O–H groups in total. The van der Waals surface area contributed by atoms with Gasteiger partial charge in [0.2, 0.25) is 5.91 Å². The van der Waals surface area contributed by atoms with Gasteiger partial charge in [0.15, 0.2) is 0 Å². The Hall–Kier alpha value is -0.810. The zero-order chi connectivity index (χ0) is 15.9. The van der Waals surface area contributed by atoms with Gasteiger partial charge in [-0.2, -0.15) is 0 Å². The fourth-order valence-electron chi connectivity index (χ4n) is 3.54. The third kappa shape index (κ3) is 7.14. The Labute approximate surface area is 163 Å². The molecule has 1 amide bonds. The molecule has 2 aliphatic rings. The minimum Gasteiger partial charge on any atom is -0.351 e. The molecule has 0 aromatic heterocycles. The minimum atomic E-state index is 0. The molecule has 1 aromatic carbocycles. The first-order valence-corrected chi connectivity index (χ1v) is 9.12. The highest BCUT2D eigenvalue weighted by molar-refractivity contribution is 5.85. The SMILES string of the molecule is Cl.Cl.O=C(NCc1ccc(CN2CCCCCC2)cc1)C1CCCN1. The maximum Gasteiger partial charge on any atom is 0.237 e. The Morgan fingerprint density at radius 3 is 2.24 bits per heavy atom. The summed E-state index contributed by atoms with van der Waals surface area (Å²) >= 11 is 0. The third-order valence-electron chi connectivity index (χ3n) is 4.97. The van der Waals surface area contributed by atoms with Gasteiger partial charge in [-0.3, -0.25) is 9.69 Å². The molecule has 0 radical (unpaired) electrons. The van der Waals surface area contributed by atoms with Crippen LogP contribution in [0, 0.1) is 0 Å². The van der Waals surface area contributed by atoms with Crippen molar-refractivity contribution in [2.24, 2.45) is 0 Å². The molecular formula is C19H31Cl2N3O. The Morgan fingerprint density at radius 2 is 1.64 bits per heavy atom. The average molecular weight is 388 g/mol. The second-order valence-corrected chi connectivity index (χ2v) is 6.87. The van der Waals surface area contributed by atoms with Gasteiger partial charge in [-0.05, 0) is 56.4 Å². The van der Waals surface area contributed by atoms with Crippen molar-refractivity contribution in [3.05, 3.63) is 35.4 Å². The number of likely N-dealkylation sites (tertiary alicyclic amines) is 1. The van der Waals surface area contributed by atoms with Gasteiger partial charge >= 0.3 is 0 Å². The molecule has 1 atom stereocenters. The number of hydrogen-bond donors (Lipinski definition) is 2. The van der Waals surface area contributed by atoms with E-state index in [-0.39, 0.29) is 36.8 Å². The van der Waals surface area contributed by atoms with Crippen molar-refractivity contribution < 1.29 is 4.79 Å². The Balaban J connectivity index is 0.00000156. The molecule has 4 nitrogen and oxygen atoms in total. The van der Waals surface area contributed by atoms with E-state index in [2.05, 4.69) is 39.8 Å². The van der Waals surface area contributed by atoms with Gasteiger partial charge in [0, 0.05) is 13.1 Å². The normalized spacial score (nSPS) is 20.9. The lowest BCUT2D eigenvalue weighted by Crippen LogP contribution is -2.39. The van der Waals surface area contributed by atoms with E-state index in [1.807, 2.05) is 0 Å². The smallest absolute Gasteiger partial charge is 0.237 e. The summed E-state index contributed by atoms with van der Waals surface area (Å²) in [6.45, 7) is 5.10.